The Morgan fingerprint density at radius 1 is 1.00 bits per heavy atom. The van der Waals surface area contributed by atoms with Crippen molar-refractivity contribution in [2.24, 2.45) is 0 Å². The molecule has 126 valence electrons. The average molecular weight is 338 g/mol. The molecule has 1 aromatic heterocycles. The Bertz CT molecular complexity index is 884. The number of carbonyl (C=O) groups is 1. The highest BCUT2D eigenvalue weighted by atomic mass is 19.1. The molecule has 6 nitrogen and oxygen atoms in total. The summed E-state index contributed by atoms with van der Waals surface area (Å²) in [6.07, 6.45) is 0. The van der Waals surface area contributed by atoms with Gasteiger partial charge >= 0.3 is 0 Å². The van der Waals surface area contributed by atoms with Gasteiger partial charge in [0.05, 0.1) is 12.8 Å². The number of nitrogens with one attached hydrogen (secondary N) is 2. The lowest BCUT2D eigenvalue weighted by atomic mass is 10.2. The number of halogens is 1. The highest BCUT2D eigenvalue weighted by Crippen LogP contribution is 2.26. The van der Waals surface area contributed by atoms with Crippen molar-refractivity contribution >= 4 is 23.2 Å². The minimum atomic E-state index is -0.477. The van der Waals surface area contributed by atoms with Crippen LogP contribution in [-0.2, 0) is 0 Å². The first-order chi connectivity index (χ1) is 12.2. The quantitative estimate of drug-likeness (QED) is 0.743. The van der Waals surface area contributed by atoms with Crippen LogP contribution in [0.4, 0.5) is 21.7 Å². The van der Waals surface area contributed by atoms with Crippen molar-refractivity contribution in [3.63, 3.8) is 0 Å². The van der Waals surface area contributed by atoms with Crippen LogP contribution in [0, 0.1) is 5.82 Å². The molecule has 2 aromatic carbocycles. The largest absolute Gasteiger partial charge is 0.495 e. The van der Waals surface area contributed by atoms with Crippen molar-refractivity contribution in [2.45, 2.75) is 0 Å². The van der Waals surface area contributed by atoms with E-state index in [9.17, 15) is 9.18 Å². The zero-order valence-corrected chi connectivity index (χ0v) is 13.4. The number of benzene rings is 2. The van der Waals surface area contributed by atoms with Crippen LogP contribution in [0.3, 0.4) is 0 Å². The molecule has 0 fully saturated rings. The molecule has 3 rings (SSSR count). The number of aromatic nitrogens is 2. The highest BCUT2D eigenvalue weighted by molar-refractivity contribution is 6.03. The van der Waals surface area contributed by atoms with Gasteiger partial charge in [-0.15, -0.1) is 10.2 Å². The lowest BCUT2D eigenvalue weighted by Gasteiger charge is -2.10. The first kappa shape index (κ1) is 16.4. The first-order valence-electron chi connectivity index (χ1n) is 7.46. The summed E-state index contributed by atoms with van der Waals surface area (Å²) in [6.45, 7) is 0. The predicted molar refractivity (Wildman–Crippen MR) is 92.7 cm³/mol. The van der Waals surface area contributed by atoms with Crippen LogP contribution >= 0.6 is 0 Å². The second kappa shape index (κ2) is 7.39. The van der Waals surface area contributed by atoms with Gasteiger partial charge in [0, 0.05) is 5.56 Å². The summed E-state index contributed by atoms with van der Waals surface area (Å²) >= 11 is 0. The van der Waals surface area contributed by atoms with Crippen LogP contribution in [0.5, 0.6) is 5.75 Å². The number of anilines is 3. The monoisotopic (exact) mass is 338 g/mol. The number of amides is 1. The van der Waals surface area contributed by atoms with Gasteiger partial charge in [-0.3, -0.25) is 4.79 Å². The van der Waals surface area contributed by atoms with Crippen molar-refractivity contribution in [1.29, 1.82) is 0 Å². The Kier molecular flexibility index (Phi) is 4.84. The zero-order valence-electron chi connectivity index (χ0n) is 13.4. The number of nitrogens with zero attached hydrogens (tertiary/aromatic N) is 2. The number of rotatable bonds is 5. The molecule has 1 amide bonds. The van der Waals surface area contributed by atoms with E-state index in [0.29, 0.717) is 11.6 Å². The maximum absolute atomic E-state index is 13.2. The SMILES string of the molecule is COc1ccccc1Nc1ccc(NC(=O)c2cccc(F)c2)nn1. The Labute approximate surface area is 143 Å². The van der Waals surface area contributed by atoms with Gasteiger partial charge in [-0.05, 0) is 42.5 Å². The van der Waals surface area contributed by atoms with Crippen molar-refractivity contribution in [2.75, 3.05) is 17.7 Å². The summed E-state index contributed by atoms with van der Waals surface area (Å²) in [6, 6.07) is 16.1. The third-order valence-electron chi connectivity index (χ3n) is 3.36. The number of ether oxygens (including phenoxy) is 1. The van der Waals surface area contributed by atoms with Crippen LogP contribution in [-0.4, -0.2) is 23.2 Å². The lowest BCUT2D eigenvalue weighted by molar-refractivity contribution is 0.102. The van der Waals surface area contributed by atoms with Gasteiger partial charge < -0.3 is 15.4 Å². The van der Waals surface area contributed by atoms with Crippen LogP contribution in [0.1, 0.15) is 10.4 Å². The van der Waals surface area contributed by atoms with E-state index in [2.05, 4.69) is 20.8 Å². The van der Waals surface area contributed by atoms with E-state index in [-0.39, 0.29) is 11.4 Å². The molecule has 25 heavy (non-hydrogen) atoms. The van der Waals surface area contributed by atoms with Gasteiger partial charge in [0.2, 0.25) is 0 Å². The molecule has 0 radical (unpaired) electrons. The van der Waals surface area contributed by atoms with E-state index in [1.165, 1.54) is 18.2 Å². The molecule has 0 aliphatic carbocycles. The van der Waals surface area contributed by atoms with Crippen LogP contribution < -0.4 is 15.4 Å². The summed E-state index contributed by atoms with van der Waals surface area (Å²) in [5, 5.41) is 13.6. The topological polar surface area (TPSA) is 76.1 Å². The molecule has 0 saturated heterocycles. The smallest absolute Gasteiger partial charge is 0.256 e. The van der Waals surface area contributed by atoms with Crippen molar-refractivity contribution < 1.29 is 13.9 Å². The Morgan fingerprint density at radius 3 is 2.48 bits per heavy atom. The molecule has 2 N–H and O–H groups in total. The maximum Gasteiger partial charge on any atom is 0.256 e. The molecule has 0 aliphatic heterocycles. The second-order valence-electron chi connectivity index (χ2n) is 5.09. The average Bonchev–Trinajstić information content (AvgIpc) is 2.64. The molecular weight excluding hydrogens is 323 g/mol. The van der Waals surface area contributed by atoms with Gasteiger partial charge in [0.1, 0.15) is 11.6 Å². The zero-order chi connectivity index (χ0) is 17.6. The molecule has 0 saturated carbocycles. The second-order valence-corrected chi connectivity index (χ2v) is 5.09. The number of methoxy groups -OCH3 is 1. The fraction of sp³-hybridized carbons (Fsp3) is 0.0556. The van der Waals surface area contributed by atoms with E-state index in [1.54, 1.807) is 19.2 Å². The summed E-state index contributed by atoms with van der Waals surface area (Å²) < 4.78 is 18.4. The summed E-state index contributed by atoms with van der Waals surface area (Å²) in [5.74, 6) is 0.496. The molecule has 1 heterocycles. The third kappa shape index (κ3) is 4.08. The maximum atomic E-state index is 13.2. The Balaban J connectivity index is 1.69. The highest BCUT2D eigenvalue weighted by Gasteiger charge is 2.09. The molecule has 0 atom stereocenters. The lowest BCUT2D eigenvalue weighted by Crippen LogP contribution is -2.13. The van der Waals surface area contributed by atoms with E-state index in [4.69, 9.17) is 4.74 Å². The minimum Gasteiger partial charge on any atom is -0.495 e. The van der Waals surface area contributed by atoms with Crippen molar-refractivity contribution in [1.82, 2.24) is 10.2 Å². The van der Waals surface area contributed by atoms with Crippen molar-refractivity contribution in [3.05, 3.63) is 72.0 Å². The summed E-state index contributed by atoms with van der Waals surface area (Å²) in [4.78, 5) is 12.0. The molecule has 0 bridgehead atoms. The predicted octanol–water partition coefficient (Wildman–Crippen LogP) is 3.62. The van der Waals surface area contributed by atoms with Gasteiger partial charge in [0.15, 0.2) is 11.6 Å². The molecular formula is C18H15FN4O2. The van der Waals surface area contributed by atoms with Crippen LogP contribution in [0.15, 0.2) is 60.7 Å². The molecule has 0 spiro atoms. The summed E-state index contributed by atoms with van der Waals surface area (Å²) in [5.41, 5.74) is 0.953. The normalized spacial score (nSPS) is 10.2. The number of carbonyl (C=O) groups excluding carboxylic acids is 1. The molecule has 0 unspecified atom stereocenters. The van der Waals surface area contributed by atoms with Gasteiger partial charge in [-0.2, -0.15) is 0 Å². The van der Waals surface area contributed by atoms with Gasteiger partial charge in [-0.25, -0.2) is 4.39 Å². The first-order valence-corrected chi connectivity index (χ1v) is 7.46. The minimum absolute atomic E-state index is 0.207. The van der Waals surface area contributed by atoms with Gasteiger partial charge in [0.25, 0.3) is 5.91 Å². The number of hydrogen-bond donors (Lipinski definition) is 2. The fourth-order valence-electron chi connectivity index (χ4n) is 2.17. The van der Waals surface area contributed by atoms with E-state index in [1.807, 2.05) is 24.3 Å². The standard InChI is InChI=1S/C18H15FN4O2/c1-25-15-8-3-2-7-14(15)20-16-9-10-17(23-22-16)21-18(24)12-5-4-6-13(19)11-12/h2-11H,1H3,(H,20,22)(H,21,23,24). The van der Waals surface area contributed by atoms with Gasteiger partial charge in [-0.1, -0.05) is 18.2 Å². The van der Waals surface area contributed by atoms with Crippen LogP contribution in [0.2, 0.25) is 0 Å². The number of hydrogen-bond acceptors (Lipinski definition) is 5. The Morgan fingerprint density at radius 2 is 1.76 bits per heavy atom. The fourth-order valence-corrected chi connectivity index (χ4v) is 2.17. The number of para-hydroxylation sites is 2. The van der Waals surface area contributed by atoms with E-state index >= 15 is 0 Å². The molecule has 0 aliphatic rings. The van der Waals surface area contributed by atoms with E-state index in [0.717, 1.165) is 11.8 Å². The third-order valence-corrected chi connectivity index (χ3v) is 3.36. The molecule has 3 aromatic rings. The van der Waals surface area contributed by atoms with Crippen LogP contribution in [0.25, 0.3) is 0 Å². The van der Waals surface area contributed by atoms with E-state index < -0.39 is 11.7 Å². The molecule has 7 heteroatoms. The summed E-state index contributed by atoms with van der Waals surface area (Å²) in [7, 11) is 1.58. The Hall–Kier alpha value is -3.48. The van der Waals surface area contributed by atoms with Crippen molar-refractivity contribution in [3.8, 4) is 5.75 Å².